The van der Waals surface area contributed by atoms with Crippen molar-refractivity contribution < 1.29 is 14.3 Å². The Balaban J connectivity index is 1.49. The van der Waals surface area contributed by atoms with Crippen molar-refractivity contribution in [2.45, 2.75) is 13.3 Å². The monoisotopic (exact) mass is 370 g/mol. The van der Waals surface area contributed by atoms with E-state index >= 15 is 0 Å². The molecule has 0 aliphatic heterocycles. The van der Waals surface area contributed by atoms with Crippen molar-refractivity contribution >= 4 is 22.4 Å². The zero-order valence-corrected chi connectivity index (χ0v) is 15.0. The number of hydrogen-bond donors (Lipinski definition) is 1. The average molecular weight is 370 g/mol. The standard InChI is InChI=1S/C18H18N4O3S/c1-2-11-24-13-6-8-14(9-7-13)25-12-16(23)20-18-22-21-17(26-18)15-5-3-4-10-19-15/h3-10H,2,11-12H2,1H3,(H,20,22,23). The van der Waals surface area contributed by atoms with Crippen LogP contribution in [-0.2, 0) is 4.79 Å². The number of benzene rings is 1. The Morgan fingerprint density at radius 1 is 1.08 bits per heavy atom. The highest BCUT2D eigenvalue weighted by Crippen LogP contribution is 2.24. The highest BCUT2D eigenvalue weighted by atomic mass is 32.1. The second-order valence-electron chi connectivity index (χ2n) is 5.28. The summed E-state index contributed by atoms with van der Waals surface area (Å²) in [5.41, 5.74) is 0.715. The smallest absolute Gasteiger partial charge is 0.264 e. The maximum atomic E-state index is 12.0. The number of pyridine rings is 1. The summed E-state index contributed by atoms with van der Waals surface area (Å²) in [6, 6.07) is 12.7. The fourth-order valence-electron chi connectivity index (χ4n) is 2.02. The van der Waals surface area contributed by atoms with Gasteiger partial charge in [-0.2, -0.15) is 0 Å². The average Bonchev–Trinajstić information content (AvgIpc) is 3.14. The van der Waals surface area contributed by atoms with E-state index in [1.165, 1.54) is 11.3 Å². The van der Waals surface area contributed by atoms with Crippen molar-refractivity contribution in [1.82, 2.24) is 15.2 Å². The lowest BCUT2D eigenvalue weighted by atomic mass is 10.3. The van der Waals surface area contributed by atoms with Crippen LogP contribution in [0.4, 0.5) is 5.13 Å². The van der Waals surface area contributed by atoms with E-state index in [0.717, 1.165) is 12.2 Å². The molecule has 0 fully saturated rings. The van der Waals surface area contributed by atoms with E-state index < -0.39 is 0 Å². The number of ether oxygens (including phenoxy) is 2. The summed E-state index contributed by atoms with van der Waals surface area (Å²) in [7, 11) is 0. The van der Waals surface area contributed by atoms with E-state index in [2.05, 4.69) is 20.5 Å². The van der Waals surface area contributed by atoms with Crippen molar-refractivity contribution in [1.29, 1.82) is 0 Å². The Bertz CT molecular complexity index is 837. The van der Waals surface area contributed by atoms with Crippen LogP contribution >= 0.6 is 11.3 Å². The number of hydrogen-bond acceptors (Lipinski definition) is 7. The first-order valence-corrected chi connectivity index (χ1v) is 8.96. The van der Waals surface area contributed by atoms with Crippen LogP contribution in [0.1, 0.15) is 13.3 Å². The van der Waals surface area contributed by atoms with Crippen LogP contribution in [-0.4, -0.2) is 34.3 Å². The minimum atomic E-state index is -0.306. The van der Waals surface area contributed by atoms with E-state index in [0.29, 0.717) is 28.2 Å². The summed E-state index contributed by atoms with van der Waals surface area (Å²) in [5, 5.41) is 11.7. The molecule has 3 aromatic rings. The van der Waals surface area contributed by atoms with Crippen LogP contribution in [0.15, 0.2) is 48.7 Å². The molecule has 8 heteroatoms. The molecule has 3 rings (SSSR count). The number of carbonyl (C=O) groups is 1. The number of nitrogens with one attached hydrogen (secondary N) is 1. The predicted molar refractivity (Wildman–Crippen MR) is 99.5 cm³/mol. The summed E-state index contributed by atoms with van der Waals surface area (Å²) in [4.78, 5) is 16.2. The Morgan fingerprint density at radius 3 is 2.54 bits per heavy atom. The largest absolute Gasteiger partial charge is 0.494 e. The molecule has 2 heterocycles. The second-order valence-corrected chi connectivity index (χ2v) is 6.26. The van der Waals surface area contributed by atoms with Gasteiger partial charge in [0, 0.05) is 6.20 Å². The molecular weight excluding hydrogens is 352 g/mol. The van der Waals surface area contributed by atoms with Crippen LogP contribution in [0.5, 0.6) is 11.5 Å². The van der Waals surface area contributed by atoms with Gasteiger partial charge in [0.05, 0.1) is 6.61 Å². The fraction of sp³-hybridized carbons (Fsp3) is 0.222. The molecule has 0 aliphatic rings. The molecule has 1 aromatic carbocycles. The molecule has 0 spiro atoms. The molecule has 7 nitrogen and oxygen atoms in total. The minimum absolute atomic E-state index is 0.117. The number of amides is 1. The maximum absolute atomic E-state index is 12.0. The summed E-state index contributed by atoms with van der Waals surface area (Å²) >= 11 is 1.26. The number of anilines is 1. The highest BCUT2D eigenvalue weighted by Gasteiger charge is 2.11. The van der Waals surface area contributed by atoms with Gasteiger partial charge in [0.2, 0.25) is 5.13 Å². The third-order valence-electron chi connectivity index (χ3n) is 3.22. The van der Waals surface area contributed by atoms with E-state index in [1.54, 1.807) is 18.3 Å². The molecule has 0 aliphatic carbocycles. The van der Waals surface area contributed by atoms with Gasteiger partial charge in [-0.15, -0.1) is 10.2 Å². The Morgan fingerprint density at radius 2 is 1.85 bits per heavy atom. The van der Waals surface area contributed by atoms with E-state index in [1.807, 2.05) is 37.3 Å². The molecule has 0 bridgehead atoms. The quantitative estimate of drug-likeness (QED) is 0.654. The molecule has 0 saturated heterocycles. The zero-order valence-electron chi connectivity index (χ0n) is 14.2. The fourth-order valence-corrected chi connectivity index (χ4v) is 2.76. The summed E-state index contributed by atoms with van der Waals surface area (Å²) in [6.07, 6.45) is 2.63. The van der Waals surface area contributed by atoms with Gasteiger partial charge >= 0.3 is 0 Å². The molecule has 1 amide bonds. The minimum Gasteiger partial charge on any atom is -0.494 e. The van der Waals surface area contributed by atoms with Crippen LogP contribution in [0.3, 0.4) is 0 Å². The lowest BCUT2D eigenvalue weighted by molar-refractivity contribution is -0.118. The molecule has 0 radical (unpaired) electrons. The summed E-state index contributed by atoms with van der Waals surface area (Å²) in [6.45, 7) is 2.60. The molecule has 1 N–H and O–H groups in total. The summed E-state index contributed by atoms with van der Waals surface area (Å²) < 4.78 is 11.0. The van der Waals surface area contributed by atoms with Gasteiger partial charge in [-0.25, -0.2) is 0 Å². The molecule has 0 unspecified atom stereocenters. The molecule has 0 saturated carbocycles. The van der Waals surface area contributed by atoms with E-state index in [9.17, 15) is 4.79 Å². The number of rotatable bonds is 8. The third-order valence-corrected chi connectivity index (χ3v) is 4.08. The van der Waals surface area contributed by atoms with Crippen LogP contribution < -0.4 is 14.8 Å². The Kier molecular flexibility index (Phi) is 6.10. The van der Waals surface area contributed by atoms with Crippen LogP contribution in [0, 0.1) is 0 Å². The second kappa shape index (κ2) is 8.91. The maximum Gasteiger partial charge on any atom is 0.264 e. The van der Waals surface area contributed by atoms with Gasteiger partial charge in [-0.05, 0) is 42.8 Å². The van der Waals surface area contributed by atoms with Crippen molar-refractivity contribution in [3.63, 3.8) is 0 Å². The molecule has 26 heavy (non-hydrogen) atoms. The normalized spacial score (nSPS) is 10.3. The first-order valence-electron chi connectivity index (χ1n) is 8.15. The van der Waals surface area contributed by atoms with Crippen molar-refractivity contribution in [2.24, 2.45) is 0 Å². The first kappa shape index (κ1) is 17.8. The van der Waals surface area contributed by atoms with Crippen molar-refractivity contribution in [2.75, 3.05) is 18.5 Å². The molecule has 0 atom stereocenters. The van der Waals surface area contributed by atoms with Gasteiger partial charge in [0.25, 0.3) is 5.91 Å². The SMILES string of the molecule is CCCOc1ccc(OCC(=O)Nc2nnc(-c3ccccn3)s2)cc1. The van der Waals surface area contributed by atoms with Crippen LogP contribution in [0.2, 0.25) is 0 Å². The van der Waals surface area contributed by atoms with Gasteiger partial charge in [0.15, 0.2) is 11.6 Å². The van der Waals surface area contributed by atoms with E-state index in [4.69, 9.17) is 9.47 Å². The van der Waals surface area contributed by atoms with E-state index in [-0.39, 0.29) is 12.5 Å². The Hall–Kier alpha value is -3.00. The predicted octanol–water partition coefficient (Wildman–Crippen LogP) is 3.41. The number of aromatic nitrogens is 3. The number of nitrogens with zero attached hydrogens (tertiary/aromatic N) is 3. The molecular formula is C18H18N4O3S. The first-order chi connectivity index (χ1) is 12.7. The highest BCUT2D eigenvalue weighted by molar-refractivity contribution is 7.18. The Labute approximate surface area is 155 Å². The van der Waals surface area contributed by atoms with Crippen molar-refractivity contribution in [3.8, 4) is 22.2 Å². The van der Waals surface area contributed by atoms with Gasteiger partial charge in [-0.3, -0.25) is 15.1 Å². The topological polar surface area (TPSA) is 86.2 Å². The van der Waals surface area contributed by atoms with Crippen molar-refractivity contribution in [3.05, 3.63) is 48.7 Å². The number of carbonyl (C=O) groups excluding carboxylic acids is 1. The van der Waals surface area contributed by atoms with Gasteiger partial charge < -0.3 is 9.47 Å². The van der Waals surface area contributed by atoms with Crippen LogP contribution in [0.25, 0.3) is 10.7 Å². The lowest BCUT2D eigenvalue weighted by Gasteiger charge is -2.07. The van der Waals surface area contributed by atoms with Gasteiger partial charge in [-0.1, -0.05) is 24.3 Å². The lowest BCUT2D eigenvalue weighted by Crippen LogP contribution is -2.20. The van der Waals surface area contributed by atoms with Gasteiger partial charge in [0.1, 0.15) is 17.2 Å². The summed E-state index contributed by atoms with van der Waals surface area (Å²) in [5.74, 6) is 1.06. The molecule has 2 aromatic heterocycles. The molecule has 134 valence electrons. The zero-order chi connectivity index (χ0) is 18.2. The third kappa shape index (κ3) is 5.00.